The molecule has 1 saturated heterocycles. The van der Waals surface area contributed by atoms with E-state index in [1.54, 1.807) is 11.1 Å². The highest BCUT2D eigenvalue weighted by Crippen LogP contribution is 2.35. The van der Waals surface area contributed by atoms with Gasteiger partial charge in [-0.1, -0.05) is 18.2 Å². The fraction of sp³-hybridized carbons (Fsp3) is 0.600. The predicted molar refractivity (Wildman–Crippen MR) is 71.6 cm³/mol. The lowest BCUT2D eigenvalue weighted by molar-refractivity contribution is 0.226. The summed E-state index contributed by atoms with van der Waals surface area (Å²) in [6.07, 6.45) is 2.64. The summed E-state index contributed by atoms with van der Waals surface area (Å²) < 4.78 is 0. The minimum absolute atomic E-state index is 0.781. The first-order valence-corrected chi connectivity index (χ1v) is 6.86. The number of nitrogens with one attached hydrogen (secondary N) is 1. The van der Waals surface area contributed by atoms with Gasteiger partial charge in [0.2, 0.25) is 0 Å². The molecule has 1 aliphatic heterocycles. The SMILES string of the molecule is Cc1cccc2c1CCC2CN1CCNCC1. The van der Waals surface area contributed by atoms with Crippen LogP contribution in [0.5, 0.6) is 0 Å². The van der Waals surface area contributed by atoms with E-state index in [9.17, 15) is 0 Å². The molecule has 1 aromatic rings. The molecule has 0 bridgehead atoms. The van der Waals surface area contributed by atoms with E-state index in [4.69, 9.17) is 0 Å². The van der Waals surface area contributed by atoms with Gasteiger partial charge in [0.1, 0.15) is 0 Å². The van der Waals surface area contributed by atoms with Crippen molar-refractivity contribution in [2.24, 2.45) is 0 Å². The summed E-state index contributed by atoms with van der Waals surface area (Å²) in [5.41, 5.74) is 4.75. The Morgan fingerprint density at radius 2 is 2.12 bits per heavy atom. The first-order chi connectivity index (χ1) is 8.34. The van der Waals surface area contributed by atoms with Crippen molar-refractivity contribution in [3.05, 3.63) is 34.9 Å². The van der Waals surface area contributed by atoms with Gasteiger partial charge < -0.3 is 10.2 Å². The molecule has 1 heterocycles. The fourth-order valence-electron chi connectivity index (χ4n) is 3.32. The summed E-state index contributed by atoms with van der Waals surface area (Å²) in [4.78, 5) is 2.62. The van der Waals surface area contributed by atoms with Gasteiger partial charge in [0.25, 0.3) is 0 Å². The molecule has 2 heteroatoms. The monoisotopic (exact) mass is 230 g/mol. The third-order valence-corrected chi connectivity index (χ3v) is 4.32. The second kappa shape index (κ2) is 4.79. The number of benzene rings is 1. The second-order valence-electron chi connectivity index (χ2n) is 5.43. The summed E-state index contributed by atoms with van der Waals surface area (Å²) >= 11 is 0. The molecule has 0 radical (unpaired) electrons. The van der Waals surface area contributed by atoms with Crippen LogP contribution in [0.1, 0.15) is 29.0 Å². The maximum absolute atomic E-state index is 3.43. The third kappa shape index (κ3) is 2.24. The first-order valence-electron chi connectivity index (χ1n) is 6.86. The fourth-order valence-corrected chi connectivity index (χ4v) is 3.32. The molecule has 17 heavy (non-hydrogen) atoms. The van der Waals surface area contributed by atoms with E-state index >= 15 is 0 Å². The largest absolute Gasteiger partial charge is 0.314 e. The lowest BCUT2D eigenvalue weighted by atomic mass is 9.98. The van der Waals surface area contributed by atoms with Crippen molar-refractivity contribution in [3.8, 4) is 0 Å². The first kappa shape index (κ1) is 11.2. The zero-order valence-corrected chi connectivity index (χ0v) is 10.7. The van der Waals surface area contributed by atoms with Gasteiger partial charge in [-0.3, -0.25) is 0 Å². The lowest BCUT2D eigenvalue weighted by Gasteiger charge is -2.29. The van der Waals surface area contributed by atoms with E-state index in [-0.39, 0.29) is 0 Å². The van der Waals surface area contributed by atoms with Gasteiger partial charge >= 0.3 is 0 Å². The molecule has 1 fully saturated rings. The molecule has 2 nitrogen and oxygen atoms in total. The number of rotatable bonds is 2. The minimum atomic E-state index is 0.781. The van der Waals surface area contributed by atoms with E-state index in [0.29, 0.717) is 0 Å². The van der Waals surface area contributed by atoms with Gasteiger partial charge in [0.15, 0.2) is 0 Å². The van der Waals surface area contributed by atoms with Crippen molar-refractivity contribution in [1.29, 1.82) is 0 Å². The van der Waals surface area contributed by atoms with Crippen molar-refractivity contribution in [2.75, 3.05) is 32.7 Å². The molecule has 1 aliphatic carbocycles. The van der Waals surface area contributed by atoms with Crippen LogP contribution in [0.25, 0.3) is 0 Å². The van der Waals surface area contributed by atoms with E-state index in [0.717, 1.165) is 19.0 Å². The molecule has 0 saturated carbocycles. The Bertz CT molecular complexity index is 394. The summed E-state index contributed by atoms with van der Waals surface area (Å²) in [5, 5.41) is 3.43. The Morgan fingerprint density at radius 3 is 2.94 bits per heavy atom. The highest BCUT2D eigenvalue weighted by molar-refractivity contribution is 5.40. The van der Waals surface area contributed by atoms with Crippen LogP contribution < -0.4 is 5.32 Å². The van der Waals surface area contributed by atoms with Crippen LogP contribution in [0, 0.1) is 6.92 Å². The Kier molecular flexibility index (Phi) is 3.17. The average molecular weight is 230 g/mol. The maximum atomic E-state index is 3.43. The standard InChI is InChI=1S/C15H22N2/c1-12-3-2-4-15-13(5-6-14(12)15)11-17-9-7-16-8-10-17/h2-4,13,16H,5-11H2,1H3. The molecule has 1 unspecified atom stereocenters. The molecule has 1 atom stereocenters. The summed E-state index contributed by atoms with van der Waals surface area (Å²) in [6, 6.07) is 6.83. The van der Waals surface area contributed by atoms with Crippen LogP contribution in [0.3, 0.4) is 0 Å². The van der Waals surface area contributed by atoms with Crippen molar-refractivity contribution >= 4 is 0 Å². The molecule has 3 rings (SSSR count). The zero-order chi connectivity index (χ0) is 11.7. The molecule has 2 aliphatic rings. The summed E-state index contributed by atoms with van der Waals surface area (Å²) in [5.74, 6) is 0.781. The van der Waals surface area contributed by atoms with Crippen molar-refractivity contribution in [3.63, 3.8) is 0 Å². The minimum Gasteiger partial charge on any atom is -0.314 e. The predicted octanol–water partition coefficient (Wildman–Crippen LogP) is 1.93. The Balaban J connectivity index is 1.72. The maximum Gasteiger partial charge on any atom is 0.0108 e. The van der Waals surface area contributed by atoms with Gasteiger partial charge in [0.05, 0.1) is 0 Å². The number of piperazine rings is 1. The molecular formula is C15H22N2. The third-order valence-electron chi connectivity index (χ3n) is 4.32. The Morgan fingerprint density at radius 1 is 1.29 bits per heavy atom. The van der Waals surface area contributed by atoms with E-state index in [2.05, 4.69) is 35.3 Å². The van der Waals surface area contributed by atoms with Gasteiger partial charge in [-0.2, -0.15) is 0 Å². The van der Waals surface area contributed by atoms with Crippen LogP contribution in [0.2, 0.25) is 0 Å². The number of hydrogen-bond acceptors (Lipinski definition) is 2. The molecule has 1 N–H and O–H groups in total. The molecule has 0 spiro atoms. The summed E-state index contributed by atoms with van der Waals surface area (Å²) in [7, 11) is 0. The van der Waals surface area contributed by atoms with Crippen LogP contribution in [-0.4, -0.2) is 37.6 Å². The van der Waals surface area contributed by atoms with E-state index < -0.39 is 0 Å². The molecule has 1 aromatic carbocycles. The van der Waals surface area contributed by atoms with Gasteiger partial charge in [-0.05, 0) is 42.4 Å². The normalized spacial score (nSPS) is 24.9. The number of hydrogen-bond donors (Lipinski definition) is 1. The number of aryl methyl sites for hydroxylation is 1. The topological polar surface area (TPSA) is 15.3 Å². The van der Waals surface area contributed by atoms with E-state index in [1.807, 2.05) is 0 Å². The smallest absolute Gasteiger partial charge is 0.0108 e. The van der Waals surface area contributed by atoms with Gasteiger partial charge in [0, 0.05) is 32.7 Å². The number of nitrogens with zero attached hydrogens (tertiary/aromatic N) is 1. The van der Waals surface area contributed by atoms with Crippen molar-refractivity contribution in [1.82, 2.24) is 10.2 Å². The van der Waals surface area contributed by atoms with Crippen molar-refractivity contribution < 1.29 is 0 Å². The average Bonchev–Trinajstić information content (AvgIpc) is 2.76. The second-order valence-corrected chi connectivity index (χ2v) is 5.43. The Hall–Kier alpha value is -0.860. The zero-order valence-electron chi connectivity index (χ0n) is 10.7. The molecular weight excluding hydrogens is 208 g/mol. The van der Waals surface area contributed by atoms with Crippen LogP contribution in [-0.2, 0) is 6.42 Å². The van der Waals surface area contributed by atoms with Crippen LogP contribution in [0.4, 0.5) is 0 Å². The van der Waals surface area contributed by atoms with Crippen LogP contribution in [0.15, 0.2) is 18.2 Å². The highest BCUT2D eigenvalue weighted by atomic mass is 15.2. The van der Waals surface area contributed by atoms with Crippen LogP contribution >= 0.6 is 0 Å². The van der Waals surface area contributed by atoms with E-state index in [1.165, 1.54) is 38.0 Å². The number of fused-ring (bicyclic) bond motifs is 1. The highest BCUT2D eigenvalue weighted by Gasteiger charge is 2.25. The molecule has 92 valence electrons. The molecule has 0 amide bonds. The summed E-state index contributed by atoms with van der Waals surface area (Å²) in [6.45, 7) is 8.28. The van der Waals surface area contributed by atoms with Gasteiger partial charge in [-0.15, -0.1) is 0 Å². The van der Waals surface area contributed by atoms with Crippen molar-refractivity contribution in [2.45, 2.75) is 25.7 Å². The Labute approximate surface area is 104 Å². The quantitative estimate of drug-likeness (QED) is 0.835. The van der Waals surface area contributed by atoms with Gasteiger partial charge in [-0.25, -0.2) is 0 Å². The molecule has 0 aromatic heterocycles. The lowest BCUT2D eigenvalue weighted by Crippen LogP contribution is -2.44.